The predicted molar refractivity (Wildman–Crippen MR) is 135 cm³/mol. The van der Waals surface area contributed by atoms with Gasteiger partial charge in [-0.2, -0.15) is 0 Å². The Morgan fingerprint density at radius 1 is 0.971 bits per heavy atom. The maximum Gasteiger partial charge on any atom is 0.306 e. The van der Waals surface area contributed by atoms with Gasteiger partial charge in [0.2, 0.25) is 5.91 Å². The molecule has 2 aromatic carbocycles. The normalized spacial score (nSPS) is 18.0. The number of nitrogens with zero attached hydrogens (tertiary/aromatic N) is 2. The van der Waals surface area contributed by atoms with E-state index in [1.165, 1.54) is 6.08 Å². The van der Waals surface area contributed by atoms with Crippen LogP contribution in [0.5, 0.6) is 0 Å². The van der Waals surface area contributed by atoms with Gasteiger partial charge in [0.05, 0.1) is 22.1 Å². The molecule has 2 saturated heterocycles. The number of piperidine rings is 2. The van der Waals surface area contributed by atoms with Crippen molar-refractivity contribution in [3.63, 3.8) is 0 Å². The molecular weight excluding hydrogens is 475 g/mol. The summed E-state index contributed by atoms with van der Waals surface area (Å²) in [6.45, 7) is 2.43. The lowest BCUT2D eigenvalue weighted by Crippen LogP contribution is -2.39. The van der Waals surface area contributed by atoms with Crippen molar-refractivity contribution >= 4 is 46.8 Å². The van der Waals surface area contributed by atoms with E-state index in [4.69, 9.17) is 23.2 Å². The minimum Gasteiger partial charge on any atom is -0.481 e. The highest BCUT2D eigenvalue weighted by Crippen LogP contribution is 2.37. The topological polar surface area (TPSA) is 81.1 Å². The molecule has 0 aromatic heterocycles. The van der Waals surface area contributed by atoms with Crippen LogP contribution >= 0.6 is 23.2 Å². The van der Waals surface area contributed by atoms with E-state index in [0.717, 1.165) is 16.8 Å². The van der Waals surface area contributed by atoms with Crippen LogP contribution in [0.1, 0.15) is 31.2 Å². The van der Waals surface area contributed by atoms with Crippen molar-refractivity contribution < 1.29 is 19.8 Å². The van der Waals surface area contributed by atoms with E-state index in [2.05, 4.69) is 11.0 Å². The molecule has 34 heavy (non-hydrogen) atoms. The first-order valence-electron chi connectivity index (χ1n) is 11.5. The van der Waals surface area contributed by atoms with Crippen molar-refractivity contribution in [2.24, 2.45) is 5.92 Å². The zero-order valence-corrected chi connectivity index (χ0v) is 20.3. The fraction of sp³-hybridized carbons (Fsp3) is 0.385. The van der Waals surface area contributed by atoms with Crippen molar-refractivity contribution in [1.29, 1.82) is 0 Å². The van der Waals surface area contributed by atoms with Crippen LogP contribution in [0.4, 0.5) is 5.69 Å². The van der Waals surface area contributed by atoms with Crippen molar-refractivity contribution in [2.75, 3.05) is 31.1 Å². The van der Waals surface area contributed by atoms with Crippen LogP contribution < -0.4 is 4.90 Å². The lowest BCUT2D eigenvalue weighted by Gasteiger charge is -2.32. The monoisotopic (exact) mass is 502 g/mol. The Labute approximate surface area is 209 Å². The minimum absolute atomic E-state index is 0.121. The maximum absolute atomic E-state index is 12.7. The molecule has 2 aliphatic heterocycles. The number of amides is 1. The molecule has 2 aromatic rings. The van der Waals surface area contributed by atoms with Crippen LogP contribution in [0.25, 0.3) is 17.2 Å². The number of aliphatic carboxylic acids is 1. The number of halogens is 2. The number of carboxylic acid groups (broad SMARTS) is 1. The fourth-order valence-electron chi connectivity index (χ4n) is 4.58. The van der Waals surface area contributed by atoms with Gasteiger partial charge in [-0.15, -0.1) is 0 Å². The molecule has 0 spiro atoms. The molecule has 2 heterocycles. The largest absolute Gasteiger partial charge is 0.481 e. The molecule has 0 atom stereocenters. The Bertz CT molecular complexity index is 1090. The third-order valence-corrected chi connectivity index (χ3v) is 7.49. The number of carbonyl (C=O) groups excluding carboxylic acids is 1. The molecule has 2 N–H and O–H groups in total. The van der Waals surface area contributed by atoms with Gasteiger partial charge < -0.3 is 20.0 Å². The van der Waals surface area contributed by atoms with Crippen LogP contribution in [0.2, 0.25) is 10.0 Å². The summed E-state index contributed by atoms with van der Waals surface area (Å²) in [5.74, 6) is -1.13. The summed E-state index contributed by atoms with van der Waals surface area (Å²) in [4.78, 5) is 27.9. The quantitative estimate of drug-likeness (QED) is 0.564. The van der Waals surface area contributed by atoms with E-state index < -0.39 is 5.97 Å². The Kier molecular flexibility index (Phi) is 7.81. The number of hydrogen-bond acceptors (Lipinski definition) is 4. The number of hydrogen-bond donors (Lipinski definition) is 2. The zero-order valence-electron chi connectivity index (χ0n) is 18.8. The lowest BCUT2D eigenvalue weighted by atomic mass is 9.95. The molecule has 8 heteroatoms. The summed E-state index contributed by atoms with van der Waals surface area (Å²) >= 11 is 12.9. The number of likely N-dealkylation sites (tertiary alicyclic amines) is 1. The third kappa shape index (κ3) is 5.57. The molecule has 2 aliphatic rings. The van der Waals surface area contributed by atoms with Gasteiger partial charge in [-0.05, 0) is 61.1 Å². The van der Waals surface area contributed by atoms with E-state index in [1.54, 1.807) is 17.0 Å². The SMILES string of the molecule is O=C(O)C1CCN(c2cccc(-c3ccc(Cl)c(Cl)c3/C=C/C(=O)N3CCC(O)CC3)c2)CC1. The van der Waals surface area contributed by atoms with Gasteiger partial charge in [-0.3, -0.25) is 9.59 Å². The molecule has 4 rings (SSSR count). The number of rotatable bonds is 5. The predicted octanol–water partition coefficient (Wildman–Crippen LogP) is 4.96. The molecule has 0 aliphatic carbocycles. The highest BCUT2D eigenvalue weighted by atomic mass is 35.5. The van der Waals surface area contributed by atoms with Crippen molar-refractivity contribution in [3.05, 3.63) is 58.1 Å². The Morgan fingerprint density at radius 3 is 2.35 bits per heavy atom. The van der Waals surface area contributed by atoms with Crippen LogP contribution in [0, 0.1) is 5.92 Å². The lowest BCUT2D eigenvalue weighted by molar-refractivity contribution is -0.142. The Morgan fingerprint density at radius 2 is 1.68 bits per heavy atom. The Hall–Kier alpha value is -2.54. The molecule has 0 unspecified atom stereocenters. The molecular formula is C26H28Cl2N2O4. The summed E-state index contributed by atoms with van der Waals surface area (Å²) in [7, 11) is 0. The van der Waals surface area contributed by atoms with Crippen molar-refractivity contribution in [3.8, 4) is 11.1 Å². The summed E-state index contributed by atoms with van der Waals surface area (Å²) in [6, 6.07) is 11.7. The van der Waals surface area contributed by atoms with Crippen LogP contribution in [-0.2, 0) is 9.59 Å². The summed E-state index contributed by atoms with van der Waals surface area (Å²) in [5.41, 5.74) is 3.48. The van der Waals surface area contributed by atoms with Gasteiger partial charge in [-0.25, -0.2) is 0 Å². The van der Waals surface area contributed by atoms with Crippen molar-refractivity contribution in [1.82, 2.24) is 4.90 Å². The smallest absolute Gasteiger partial charge is 0.306 e. The minimum atomic E-state index is -0.726. The number of aliphatic hydroxyl groups excluding tert-OH is 1. The maximum atomic E-state index is 12.7. The fourth-order valence-corrected chi connectivity index (χ4v) is 4.97. The van der Waals surface area contributed by atoms with Gasteiger partial charge in [0, 0.05) is 43.5 Å². The van der Waals surface area contributed by atoms with E-state index in [0.29, 0.717) is 67.5 Å². The molecule has 0 bridgehead atoms. The van der Waals surface area contributed by atoms with Crippen LogP contribution in [-0.4, -0.2) is 59.3 Å². The highest BCUT2D eigenvalue weighted by Gasteiger charge is 2.25. The van der Waals surface area contributed by atoms with Crippen LogP contribution in [0.15, 0.2) is 42.5 Å². The molecule has 6 nitrogen and oxygen atoms in total. The molecule has 180 valence electrons. The number of carboxylic acids is 1. The summed E-state index contributed by atoms with van der Waals surface area (Å²) in [6.07, 6.45) is 5.29. The average molecular weight is 503 g/mol. The van der Waals surface area contributed by atoms with E-state index in [9.17, 15) is 19.8 Å². The third-order valence-electron chi connectivity index (χ3n) is 6.67. The first-order valence-corrected chi connectivity index (χ1v) is 12.3. The first kappa shape index (κ1) is 24.6. The van der Waals surface area contributed by atoms with Crippen molar-refractivity contribution in [2.45, 2.75) is 31.8 Å². The van der Waals surface area contributed by atoms with Gasteiger partial charge in [0.1, 0.15) is 0 Å². The van der Waals surface area contributed by atoms with E-state index in [1.807, 2.05) is 24.3 Å². The van der Waals surface area contributed by atoms with Gasteiger partial charge in [-0.1, -0.05) is 41.4 Å². The van der Waals surface area contributed by atoms with Gasteiger partial charge in [0.15, 0.2) is 0 Å². The first-order chi connectivity index (χ1) is 16.3. The number of carbonyl (C=O) groups is 2. The number of aliphatic hydroxyl groups is 1. The molecule has 0 radical (unpaired) electrons. The number of benzene rings is 2. The Balaban J connectivity index is 1.58. The van der Waals surface area contributed by atoms with Gasteiger partial charge >= 0.3 is 5.97 Å². The second-order valence-electron chi connectivity index (χ2n) is 8.86. The number of anilines is 1. The zero-order chi connectivity index (χ0) is 24.2. The average Bonchev–Trinajstić information content (AvgIpc) is 2.85. The highest BCUT2D eigenvalue weighted by molar-refractivity contribution is 6.43. The standard InChI is InChI=1S/C26H28Cl2N2O4/c27-23-6-4-21(22(25(23)28)5-7-24(32)30-14-10-20(31)11-15-30)18-2-1-3-19(16-18)29-12-8-17(9-13-29)26(33)34/h1-7,16-17,20,31H,8-15H2,(H,33,34)/b7-5+. The molecule has 1 amide bonds. The van der Waals surface area contributed by atoms with Gasteiger partial charge in [0.25, 0.3) is 0 Å². The van der Waals surface area contributed by atoms with E-state index in [-0.39, 0.29) is 17.9 Å². The van der Waals surface area contributed by atoms with Crippen LogP contribution in [0.3, 0.4) is 0 Å². The summed E-state index contributed by atoms with van der Waals surface area (Å²) < 4.78 is 0. The second kappa shape index (κ2) is 10.8. The molecule has 2 fully saturated rings. The second-order valence-corrected chi connectivity index (χ2v) is 9.65. The molecule has 0 saturated carbocycles. The summed E-state index contributed by atoms with van der Waals surface area (Å²) in [5, 5.41) is 19.7. The van der Waals surface area contributed by atoms with E-state index >= 15 is 0 Å².